The highest BCUT2D eigenvalue weighted by Crippen LogP contribution is 2.43. The fourth-order valence-electron chi connectivity index (χ4n) is 4.64. The molecule has 1 aliphatic heterocycles. The molecule has 0 aromatic heterocycles. The fourth-order valence-corrected chi connectivity index (χ4v) is 4.64. The number of anilines is 1. The first-order valence-electron chi connectivity index (χ1n) is 11.7. The molecule has 1 heterocycles. The third-order valence-corrected chi connectivity index (χ3v) is 6.51. The smallest absolute Gasteiger partial charge is 0.322 e. The highest BCUT2D eigenvalue weighted by molar-refractivity contribution is 5.92. The molecule has 2 amide bonds. The molecule has 37 heavy (non-hydrogen) atoms. The van der Waals surface area contributed by atoms with Crippen LogP contribution in [-0.4, -0.2) is 60.1 Å². The molecule has 1 atom stereocenters. The van der Waals surface area contributed by atoms with Gasteiger partial charge in [-0.05, 0) is 59.5 Å². The summed E-state index contributed by atoms with van der Waals surface area (Å²) < 4.78 is 32.9. The molecule has 1 N–H and O–H groups in total. The van der Waals surface area contributed by atoms with E-state index < -0.39 is 6.04 Å². The number of nitrogens with one attached hydrogen (secondary N) is 1. The van der Waals surface area contributed by atoms with Crippen LogP contribution in [0.1, 0.15) is 22.7 Å². The van der Waals surface area contributed by atoms with Gasteiger partial charge in [-0.15, -0.1) is 0 Å². The summed E-state index contributed by atoms with van der Waals surface area (Å²) in [6.45, 7) is 0.478. The highest BCUT2D eigenvalue weighted by atomic mass is 16.5. The standard InChI is InChI=1S/C28H32N2O7/c1-32-19-8-9-21(23(15-19)34-3)29-28(31)30-12-11-17-13-25(36-5)26(37-6)16-20(17)27(30)18-7-10-22(33-2)24(14-18)35-4/h7-10,13-16,27H,11-12H2,1-6H3,(H,29,31)/t27-/m0/s1. The number of rotatable bonds is 8. The van der Waals surface area contributed by atoms with Crippen molar-refractivity contribution in [3.63, 3.8) is 0 Å². The molecule has 0 radical (unpaired) electrons. The maximum atomic E-state index is 13.8. The summed E-state index contributed by atoms with van der Waals surface area (Å²) in [5.74, 6) is 3.54. The second kappa shape index (κ2) is 11.2. The van der Waals surface area contributed by atoms with Crippen LogP contribution in [0, 0.1) is 0 Å². The molecule has 3 aromatic rings. The number of carbonyl (C=O) groups is 1. The molecular formula is C28H32N2O7. The Labute approximate surface area is 216 Å². The Hall–Kier alpha value is -4.27. The number of hydrogen-bond acceptors (Lipinski definition) is 7. The van der Waals surface area contributed by atoms with E-state index in [1.807, 2.05) is 30.3 Å². The van der Waals surface area contributed by atoms with E-state index in [-0.39, 0.29) is 6.03 Å². The summed E-state index contributed by atoms with van der Waals surface area (Å²) in [5, 5.41) is 3.01. The zero-order valence-electron chi connectivity index (χ0n) is 21.9. The molecule has 0 bridgehead atoms. The molecular weight excluding hydrogens is 476 g/mol. The van der Waals surface area contributed by atoms with Gasteiger partial charge in [-0.3, -0.25) is 0 Å². The number of fused-ring (bicyclic) bond motifs is 1. The third-order valence-electron chi connectivity index (χ3n) is 6.51. The average Bonchev–Trinajstić information content (AvgIpc) is 2.95. The van der Waals surface area contributed by atoms with E-state index in [2.05, 4.69) is 5.32 Å². The van der Waals surface area contributed by atoms with Crippen molar-refractivity contribution >= 4 is 11.7 Å². The van der Waals surface area contributed by atoms with Crippen molar-refractivity contribution in [1.82, 2.24) is 4.90 Å². The number of nitrogens with zero attached hydrogens (tertiary/aromatic N) is 1. The van der Waals surface area contributed by atoms with Crippen molar-refractivity contribution in [2.24, 2.45) is 0 Å². The summed E-state index contributed by atoms with van der Waals surface area (Å²) in [6.07, 6.45) is 0.645. The predicted molar refractivity (Wildman–Crippen MR) is 140 cm³/mol. The Balaban J connectivity index is 1.79. The maximum Gasteiger partial charge on any atom is 0.322 e. The van der Waals surface area contributed by atoms with Crippen LogP contribution < -0.4 is 33.7 Å². The Morgan fingerprint density at radius 1 is 0.730 bits per heavy atom. The van der Waals surface area contributed by atoms with Crippen LogP contribution in [0.15, 0.2) is 48.5 Å². The number of benzene rings is 3. The zero-order chi connectivity index (χ0) is 26.5. The summed E-state index contributed by atoms with van der Waals surface area (Å²) in [5.41, 5.74) is 3.41. The van der Waals surface area contributed by atoms with Gasteiger partial charge in [0.2, 0.25) is 0 Å². The SMILES string of the molecule is COc1ccc(NC(=O)N2CCc3cc(OC)c(OC)cc3[C@@H]2c2ccc(OC)c(OC)c2)c(OC)c1. The zero-order valence-corrected chi connectivity index (χ0v) is 21.9. The van der Waals surface area contributed by atoms with E-state index in [0.717, 1.165) is 16.7 Å². The first kappa shape index (κ1) is 25.8. The third kappa shape index (κ3) is 5.02. The summed E-state index contributed by atoms with van der Waals surface area (Å²) in [7, 11) is 9.51. The van der Waals surface area contributed by atoms with E-state index in [1.54, 1.807) is 65.8 Å². The van der Waals surface area contributed by atoms with Crippen LogP contribution in [0.4, 0.5) is 10.5 Å². The molecule has 9 heteroatoms. The largest absolute Gasteiger partial charge is 0.497 e. The van der Waals surface area contributed by atoms with Crippen molar-refractivity contribution in [1.29, 1.82) is 0 Å². The van der Waals surface area contributed by atoms with Crippen molar-refractivity contribution in [2.75, 3.05) is 54.5 Å². The van der Waals surface area contributed by atoms with Gasteiger partial charge in [0, 0.05) is 12.6 Å². The topological polar surface area (TPSA) is 87.7 Å². The molecule has 0 saturated carbocycles. The van der Waals surface area contributed by atoms with E-state index in [4.69, 9.17) is 28.4 Å². The van der Waals surface area contributed by atoms with Gasteiger partial charge in [-0.1, -0.05) is 6.07 Å². The molecule has 196 valence electrons. The van der Waals surface area contributed by atoms with Crippen LogP contribution in [0.5, 0.6) is 34.5 Å². The van der Waals surface area contributed by atoms with Crippen LogP contribution in [0.25, 0.3) is 0 Å². The first-order valence-corrected chi connectivity index (χ1v) is 11.7. The van der Waals surface area contributed by atoms with Crippen molar-refractivity contribution in [3.05, 3.63) is 65.2 Å². The summed E-state index contributed by atoms with van der Waals surface area (Å²) in [6, 6.07) is 14.1. The lowest BCUT2D eigenvalue weighted by Gasteiger charge is -2.38. The van der Waals surface area contributed by atoms with Gasteiger partial charge in [-0.25, -0.2) is 4.79 Å². The van der Waals surface area contributed by atoms with Crippen LogP contribution in [-0.2, 0) is 6.42 Å². The number of carbonyl (C=O) groups excluding carboxylic acids is 1. The summed E-state index contributed by atoms with van der Waals surface area (Å²) in [4.78, 5) is 15.5. The maximum absolute atomic E-state index is 13.8. The van der Waals surface area contributed by atoms with Crippen LogP contribution in [0.2, 0.25) is 0 Å². The molecule has 0 saturated heterocycles. The quantitative estimate of drug-likeness (QED) is 0.462. The van der Waals surface area contributed by atoms with Crippen molar-refractivity contribution in [2.45, 2.75) is 12.5 Å². The monoisotopic (exact) mass is 508 g/mol. The molecule has 4 rings (SSSR count). The van der Waals surface area contributed by atoms with Gasteiger partial charge in [0.1, 0.15) is 11.5 Å². The number of hydrogen-bond donors (Lipinski definition) is 1. The number of ether oxygens (including phenoxy) is 6. The second-order valence-corrected chi connectivity index (χ2v) is 8.36. The lowest BCUT2D eigenvalue weighted by atomic mass is 9.87. The predicted octanol–water partition coefficient (Wildman–Crippen LogP) is 4.92. The lowest BCUT2D eigenvalue weighted by Crippen LogP contribution is -2.43. The second-order valence-electron chi connectivity index (χ2n) is 8.36. The van der Waals surface area contributed by atoms with Gasteiger partial charge >= 0.3 is 6.03 Å². The molecule has 0 fully saturated rings. The minimum Gasteiger partial charge on any atom is -0.497 e. The van der Waals surface area contributed by atoms with Crippen molar-refractivity contribution in [3.8, 4) is 34.5 Å². The Kier molecular flexibility index (Phi) is 7.81. The normalized spacial score (nSPS) is 14.3. The van der Waals surface area contributed by atoms with Gasteiger partial charge in [0.15, 0.2) is 23.0 Å². The molecule has 9 nitrogen and oxygen atoms in total. The van der Waals surface area contributed by atoms with Crippen LogP contribution >= 0.6 is 0 Å². The lowest BCUT2D eigenvalue weighted by molar-refractivity contribution is 0.193. The number of urea groups is 1. The van der Waals surface area contributed by atoms with Gasteiger partial charge in [-0.2, -0.15) is 0 Å². The van der Waals surface area contributed by atoms with E-state index in [9.17, 15) is 4.79 Å². The molecule has 3 aromatic carbocycles. The van der Waals surface area contributed by atoms with Gasteiger partial charge in [0.25, 0.3) is 0 Å². The van der Waals surface area contributed by atoms with Gasteiger partial charge < -0.3 is 38.6 Å². The Morgan fingerprint density at radius 3 is 2.03 bits per heavy atom. The van der Waals surface area contributed by atoms with Gasteiger partial charge in [0.05, 0.1) is 54.4 Å². The van der Waals surface area contributed by atoms with Crippen LogP contribution in [0.3, 0.4) is 0 Å². The fraction of sp³-hybridized carbons (Fsp3) is 0.321. The van der Waals surface area contributed by atoms with E-state index in [0.29, 0.717) is 53.2 Å². The molecule has 0 spiro atoms. The molecule has 0 unspecified atom stereocenters. The molecule has 1 aliphatic rings. The summed E-state index contributed by atoms with van der Waals surface area (Å²) >= 11 is 0. The average molecular weight is 509 g/mol. The number of amides is 2. The Morgan fingerprint density at radius 2 is 1.38 bits per heavy atom. The van der Waals surface area contributed by atoms with E-state index in [1.165, 1.54) is 0 Å². The molecule has 0 aliphatic carbocycles. The van der Waals surface area contributed by atoms with E-state index >= 15 is 0 Å². The minimum atomic E-state index is -0.424. The number of methoxy groups -OCH3 is 6. The first-order chi connectivity index (χ1) is 18.0. The van der Waals surface area contributed by atoms with Crippen molar-refractivity contribution < 1.29 is 33.2 Å². The highest BCUT2D eigenvalue weighted by Gasteiger charge is 2.34. The minimum absolute atomic E-state index is 0.274. The Bertz CT molecular complexity index is 1280.